The highest BCUT2D eigenvalue weighted by Gasteiger charge is 2.33. The Balaban J connectivity index is 1.64. The van der Waals surface area contributed by atoms with Crippen LogP contribution in [0.25, 0.3) is 0 Å². The molecule has 0 spiro atoms. The molecule has 8 nitrogen and oxygen atoms in total. The van der Waals surface area contributed by atoms with E-state index in [2.05, 4.69) is 10.5 Å². The van der Waals surface area contributed by atoms with Gasteiger partial charge in [0.15, 0.2) is 6.61 Å². The molecule has 0 radical (unpaired) electrons. The van der Waals surface area contributed by atoms with Gasteiger partial charge >= 0.3 is 6.18 Å². The zero-order valence-electron chi connectivity index (χ0n) is 17.2. The van der Waals surface area contributed by atoms with E-state index in [4.69, 9.17) is 4.74 Å². The highest BCUT2D eigenvalue weighted by Crippen LogP contribution is 2.35. The van der Waals surface area contributed by atoms with Crippen molar-refractivity contribution >= 4 is 23.0 Å². The summed E-state index contributed by atoms with van der Waals surface area (Å²) >= 11 is 0. The summed E-state index contributed by atoms with van der Waals surface area (Å²) in [5, 5.41) is 15.2. The van der Waals surface area contributed by atoms with Crippen molar-refractivity contribution in [3.63, 3.8) is 0 Å². The first-order valence-electron chi connectivity index (χ1n) is 9.82. The molecular formula is C21H21F3N4O4. The monoisotopic (exact) mass is 450 g/mol. The SMILES string of the molecule is C/C(=N\Nc1ccc(C(F)(F)F)cc1[N+](=O)[O-])c1ccc(OCC(=O)N2CCCC2)cc1. The fraction of sp³-hybridized carbons (Fsp3) is 0.333. The number of likely N-dealkylation sites (tertiary alicyclic amines) is 1. The van der Waals surface area contributed by atoms with Crippen LogP contribution in [-0.4, -0.2) is 41.1 Å². The number of nitrogens with zero attached hydrogens (tertiary/aromatic N) is 3. The van der Waals surface area contributed by atoms with Crippen LogP contribution < -0.4 is 10.2 Å². The van der Waals surface area contributed by atoms with E-state index < -0.39 is 22.4 Å². The fourth-order valence-electron chi connectivity index (χ4n) is 3.16. The Morgan fingerprint density at radius 3 is 2.44 bits per heavy atom. The number of alkyl halides is 3. The van der Waals surface area contributed by atoms with Crippen LogP contribution >= 0.6 is 0 Å². The summed E-state index contributed by atoms with van der Waals surface area (Å²) in [5.74, 6) is 0.437. The maximum absolute atomic E-state index is 12.8. The van der Waals surface area contributed by atoms with Gasteiger partial charge < -0.3 is 9.64 Å². The van der Waals surface area contributed by atoms with Gasteiger partial charge in [-0.25, -0.2) is 0 Å². The number of halogens is 3. The number of hydrogen-bond acceptors (Lipinski definition) is 6. The molecule has 1 heterocycles. The Morgan fingerprint density at radius 1 is 1.19 bits per heavy atom. The molecule has 32 heavy (non-hydrogen) atoms. The quantitative estimate of drug-likeness (QED) is 0.382. The Bertz CT molecular complexity index is 1020. The second kappa shape index (κ2) is 9.67. The average molecular weight is 450 g/mol. The van der Waals surface area contributed by atoms with Crippen LogP contribution in [0.15, 0.2) is 47.6 Å². The highest BCUT2D eigenvalue weighted by atomic mass is 19.4. The molecule has 0 saturated carbocycles. The maximum Gasteiger partial charge on any atom is 0.416 e. The van der Waals surface area contributed by atoms with Gasteiger partial charge in [0.1, 0.15) is 11.4 Å². The molecule has 2 aromatic rings. The van der Waals surface area contributed by atoms with Crippen LogP contribution in [0.3, 0.4) is 0 Å². The second-order valence-electron chi connectivity index (χ2n) is 7.20. The van der Waals surface area contributed by atoms with Crippen molar-refractivity contribution in [3.8, 4) is 5.75 Å². The second-order valence-corrected chi connectivity index (χ2v) is 7.20. The Hall–Kier alpha value is -3.63. The normalized spacial score (nSPS) is 14.4. The average Bonchev–Trinajstić information content (AvgIpc) is 3.30. The zero-order chi connectivity index (χ0) is 23.3. The number of carbonyl (C=O) groups excluding carboxylic acids is 1. The molecule has 3 rings (SSSR count). The number of nitro benzene ring substituents is 1. The van der Waals surface area contributed by atoms with Gasteiger partial charge in [0, 0.05) is 19.2 Å². The number of amides is 1. The first kappa shape index (κ1) is 23.0. The molecular weight excluding hydrogens is 429 g/mol. The van der Waals surface area contributed by atoms with E-state index in [1.807, 2.05) is 0 Å². The lowest BCUT2D eigenvalue weighted by atomic mass is 10.1. The lowest BCUT2D eigenvalue weighted by molar-refractivity contribution is -0.384. The van der Waals surface area contributed by atoms with Gasteiger partial charge in [0.2, 0.25) is 0 Å². The highest BCUT2D eigenvalue weighted by molar-refractivity contribution is 5.99. The molecule has 1 amide bonds. The van der Waals surface area contributed by atoms with E-state index >= 15 is 0 Å². The summed E-state index contributed by atoms with van der Waals surface area (Å²) < 4.78 is 43.9. The van der Waals surface area contributed by atoms with Crippen molar-refractivity contribution in [2.75, 3.05) is 25.1 Å². The molecule has 1 fully saturated rings. The minimum Gasteiger partial charge on any atom is -0.484 e. The number of benzene rings is 2. The Labute approximate surface area is 181 Å². The van der Waals surface area contributed by atoms with Crippen molar-refractivity contribution in [2.45, 2.75) is 25.9 Å². The molecule has 1 aliphatic heterocycles. The minimum absolute atomic E-state index is 0.0500. The third-order valence-electron chi connectivity index (χ3n) is 4.96. The van der Waals surface area contributed by atoms with Crippen LogP contribution in [0.2, 0.25) is 0 Å². The maximum atomic E-state index is 12.8. The third-order valence-corrected chi connectivity index (χ3v) is 4.96. The van der Waals surface area contributed by atoms with Crippen molar-refractivity contribution in [3.05, 3.63) is 63.7 Å². The smallest absolute Gasteiger partial charge is 0.416 e. The molecule has 170 valence electrons. The summed E-state index contributed by atoms with van der Waals surface area (Å²) in [7, 11) is 0. The first-order valence-corrected chi connectivity index (χ1v) is 9.82. The number of hydrogen-bond donors (Lipinski definition) is 1. The molecule has 0 aromatic heterocycles. The van der Waals surface area contributed by atoms with E-state index in [1.54, 1.807) is 36.1 Å². The van der Waals surface area contributed by atoms with Gasteiger partial charge in [-0.2, -0.15) is 18.3 Å². The number of hydrazone groups is 1. The van der Waals surface area contributed by atoms with E-state index in [0.717, 1.165) is 38.1 Å². The van der Waals surface area contributed by atoms with Crippen molar-refractivity contribution in [1.82, 2.24) is 4.90 Å². The lowest BCUT2D eigenvalue weighted by Gasteiger charge is -2.15. The summed E-state index contributed by atoms with van der Waals surface area (Å²) in [6.07, 6.45) is -2.68. The summed E-state index contributed by atoms with van der Waals surface area (Å²) in [6, 6.07) is 8.87. The molecule has 0 bridgehead atoms. The summed E-state index contributed by atoms with van der Waals surface area (Å²) in [4.78, 5) is 24.0. The van der Waals surface area contributed by atoms with Gasteiger partial charge in [-0.15, -0.1) is 0 Å². The Morgan fingerprint density at radius 2 is 1.84 bits per heavy atom. The number of anilines is 1. The predicted molar refractivity (Wildman–Crippen MR) is 112 cm³/mol. The van der Waals surface area contributed by atoms with Gasteiger partial charge in [-0.05, 0) is 61.7 Å². The number of carbonyl (C=O) groups is 1. The molecule has 11 heteroatoms. The topological polar surface area (TPSA) is 97.1 Å². The van der Waals surface area contributed by atoms with E-state index in [0.29, 0.717) is 23.1 Å². The van der Waals surface area contributed by atoms with Gasteiger partial charge in [-0.1, -0.05) is 0 Å². The number of nitrogens with one attached hydrogen (secondary N) is 1. The molecule has 1 aliphatic rings. The van der Waals surface area contributed by atoms with Crippen LogP contribution in [0, 0.1) is 10.1 Å². The van der Waals surface area contributed by atoms with Crippen LogP contribution in [0.4, 0.5) is 24.5 Å². The molecule has 0 atom stereocenters. The van der Waals surface area contributed by atoms with Crippen LogP contribution in [0.1, 0.15) is 30.9 Å². The number of ether oxygens (including phenoxy) is 1. The van der Waals surface area contributed by atoms with Gasteiger partial charge in [-0.3, -0.25) is 20.3 Å². The van der Waals surface area contributed by atoms with E-state index in [-0.39, 0.29) is 18.2 Å². The Kier molecular flexibility index (Phi) is 6.96. The summed E-state index contributed by atoms with van der Waals surface area (Å²) in [6.45, 7) is 3.09. The van der Waals surface area contributed by atoms with E-state index in [9.17, 15) is 28.1 Å². The van der Waals surface area contributed by atoms with Gasteiger partial charge in [0.25, 0.3) is 11.6 Å². The van der Waals surface area contributed by atoms with Crippen molar-refractivity contribution in [2.24, 2.45) is 5.10 Å². The fourth-order valence-corrected chi connectivity index (χ4v) is 3.16. The lowest BCUT2D eigenvalue weighted by Crippen LogP contribution is -2.32. The molecule has 0 unspecified atom stereocenters. The van der Waals surface area contributed by atoms with Gasteiger partial charge in [0.05, 0.1) is 16.2 Å². The van der Waals surface area contributed by atoms with Crippen LogP contribution in [-0.2, 0) is 11.0 Å². The largest absolute Gasteiger partial charge is 0.484 e. The first-order chi connectivity index (χ1) is 15.1. The summed E-state index contributed by atoms with van der Waals surface area (Å²) in [5.41, 5.74) is 1.54. The molecule has 2 aromatic carbocycles. The third kappa shape index (κ3) is 5.74. The number of nitro groups is 1. The molecule has 1 N–H and O–H groups in total. The minimum atomic E-state index is -4.69. The standard InChI is InChI=1S/C21H21F3N4O4/c1-14(25-26-18-9-6-16(21(22,23)24)12-19(18)28(30)31)15-4-7-17(8-5-15)32-13-20(29)27-10-2-3-11-27/h4-9,12,26H,2-3,10-11,13H2,1H3/b25-14+. The van der Waals surface area contributed by atoms with Crippen LogP contribution in [0.5, 0.6) is 5.75 Å². The van der Waals surface area contributed by atoms with E-state index in [1.165, 1.54) is 0 Å². The predicted octanol–water partition coefficient (Wildman–Crippen LogP) is 4.45. The zero-order valence-corrected chi connectivity index (χ0v) is 17.2. The molecule has 0 aliphatic carbocycles. The number of rotatable bonds is 7. The van der Waals surface area contributed by atoms with Crippen molar-refractivity contribution in [1.29, 1.82) is 0 Å². The molecule has 1 saturated heterocycles. The van der Waals surface area contributed by atoms with Crippen molar-refractivity contribution < 1.29 is 27.6 Å².